The minimum Gasteiger partial charge on any atom is -0.488 e. The summed E-state index contributed by atoms with van der Waals surface area (Å²) in [6.07, 6.45) is 1.81. The second-order valence-electron chi connectivity index (χ2n) is 6.15. The number of ether oxygens (including phenoxy) is 1. The van der Waals surface area contributed by atoms with Crippen molar-refractivity contribution in [3.05, 3.63) is 92.4 Å². The molecule has 0 amide bonds. The zero-order valence-corrected chi connectivity index (χ0v) is 17.0. The highest BCUT2D eigenvalue weighted by Crippen LogP contribution is 2.25. The van der Waals surface area contributed by atoms with Gasteiger partial charge in [0.2, 0.25) is 0 Å². The lowest BCUT2D eigenvalue weighted by Gasteiger charge is -2.10. The van der Waals surface area contributed by atoms with E-state index in [4.69, 9.17) is 16.3 Å². The maximum atomic E-state index is 6.17. The zero-order valence-electron chi connectivity index (χ0n) is 14.7. The number of hydrogen-bond acceptors (Lipinski definition) is 2. The highest BCUT2D eigenvalue weighted by atomic mass is 79.9. The summed E-state index contributed by atoms with van der Waals surface area (Å²) in [5.74, 6) is 0.756. The summed E-state index contributed by atoms with van der Waals surface area (Å²) in [6.45, 7) is 4.60. The van der Waals surface area contributed by atoms with E-state index in [2.05, 4.69) is 53.0 Å². The largest absolute Gasteiger partial charge is 0.488 e. The third-order valence-corrected chi connectivity index (χ3v) is 4.75. The summed E-state index contributed by atoms with van der Waals surface area (Å²) in [5.41, 5.74) is 5.21. The summed E-state index contributed by atoms with van der Waals surface area (Å²) in [5, 5.41) is 0.656. The normalized spacial score (nSPS) is 11.1. The van der Waals surface area contributed by atoms with E-state index in [-0.39, 0.29) is 0 Å². The Hall–Kier alpha value is -2.10. The van der Waals surface area contributed by atoms with Gasteiger partial charge >= 0.3 is 0 Å². The van der Waals surface area contributed by atoms with Crippen LogP contribution in [-0.4, -0.2) is 6.21 Å². The molecule has 0 unspecified atom stereocenters. The first-order valence-electron chi connectivity index (χ1n) is 8.29. The van der Waals surface area contributed by atoms with E-state index < -0.39 is 0 Å². The van der Waals surface area contributed by atoms with Crippen LogP contribution in [0.4, 0.5) is 5.69 Å². The number of hydrogen-bond donors (Lipinski definition) is 0. The Morgan fingerprint density at radius 3 is 2.54 bits per heavy atom. The third kappa shape index (κ3) is 4.96. The van der Waals surface area contributed by atoms with Crippen LogP contribution in [0.1, 0.15) is 22.3 Å². The van der Waals surface area contributed by atoms with Crippen LogP contribution in [0.5, 0.6) is 5.75 Å². The minimum atomic E-state index is 0.485. The molecule has 132 valence electrons. The van der Waals surface area contributed by atoms with Crippen LogP contribution in [0.3, 0.4) is 0 Å². The lowest BCUT2D eigenvalue weighted by atomic mass is 10.1. The van der Waals surface area contributed by atoms with Gasteiger partial charge in [-0.15, -0.1) is 0 Å². The molecule has 4 heteroatoms. The van der Waals surface area contributed by atoms with Crippen LogP contribution in [0.15, 0.2) is 70.1 Å². The molecule has 2 nitrogen and oxygen atoms in total. The van der Waals surface area contributed by atoms with Gasteiger partial charge in [0.15, 0.2) is 0 Å². The maximum Gasteiger partial charge on any atom is 0.128 e. The summed E-state index contributed by atoms with van der Waals surface area (Å²) in [4.78, 5) is 4.64. The van der Waals surface area contributed by atoms with Gasteiger partial charge in [-0.1, -0.05) is 51.8 Å². The Bertz CT molecular complexity index is 935. The van der Waals surface area contributed by atoms with Gasteiger partial charge in [0.1, 0.15) is 12.4 Å². The minimum absolute atomic E-state index is 0.485. The number of nitrogens with zero attached hydrogens (tertiary/aromatic N) is 1. The molecule has 0 fully saturated rings. The predicted octanol–water partition coefficient (Wildman–Crippen LogP) is 7.05. The van der Waals surface area contributed by atoms with Crippen molar-refractivity contribution in [1.29, 1.82) is 0 Å². The molecule has 3 aromatic rings. The zero-order chi connectivity index (χ0) is 18.5. The number of halogens is 2. The van der Waals surface area contributed by atoms with Crippen molar-refractivity contribution in [3.8, 4) is 5.75 Å². The second-order valence-corrected chi connectivity index (χ2v) is 7.50. The molecule has 0 saturated carbocycles. The molecule has 0 bridgehead atoms. The molecule has 3 rings (SSSR count). The molecular weight excluding hydrogens is 410 g/mol. The molecule has 0 N–H and O–H groups in total. The molecule has 3 aromatic carbocycles. The monoisotopic (exact) mass is 427 g/mol. The standard InChI is InChI=1S/C22H19BrClNO/c1-15-3-4-16(2)21(11-15)25-13-18-12-20(24)9-10-22(18)26-14-17-5-7-19(23)8-6-17/h3-13H,14H2,1-2H3. The van der Waals surface area contributed by atoms with E-state index in [0.29, 0.717) is 11.6 Å². The van der Waals surface area contributed by atoms with Crippen molar-refractivity contribution >= 4 is 39.4 Å². The average molecular weight is 429 g/mol. The first kappa shape index (κ1) is 18.7. The van der Waals surface area contributed by atoms with E-state index in [1.807, 2.05) is 48.7 Å². The molecule has 0 aliphatic heterocycles. The van der Waals surface area contributed by atoms with Crippen molar-refractivity contribution in [2.24, 2.45) is 4.99 Å². The quantitative estimate of drug-likeness (QED) is 0.399. The van der Waals surface area contributed by atoms with E-state index in [9.17, 15) is 0 Å². The summed E-state index contributed by atoms with van der Waals surface area (Å²) < 4.78 is 7.05. The predicted molar refractivity (Wildman–Crippen MR) is 113 cm³/mol. The Balaban J connectivity index is 1.82. The average Bonchev–Trinajstić information content (AvgIpc) is 2.63. The summed E-state index contributed by atoms with van der Waals surface area (Å²) >= 11 is 9.61. The smallest absolute Gasteiger partial charge is 0.128 e. The van der Waals surface area contributed by atoms with Crippen LogP contribution in [0.2, 0.25) is 5.02 Å². The molecular formula is C22H19BrClNO. The molecule has 0 aromatic heterocycles. The first-order valence-corrected chi connectivity index (χ1v) is 9.46. The van der Waals surface area contributed by atoms with Crippen molar-refractivity contribution in [1.82, 2.24) is 0 Å². The number of aryl methyl sites for hydroxylation is 2. The highest BCUT2D eigenvalue weighted by molar-refractivity contribution is 9.10. The van der Waals surface area contributed by atoms with Crippen LogP contribution >= 0.6 is 27.5 Å². The fraction of sp³-hybridized carbons (Fsp3) is 0.136. The topological polar surface area (TPSA) is 21.6 Å². The molecule has 0 aliphatic rings. The van der Waals surface area contributed by atoms with Gasteiger partial charge in [0, 0.05) is 21.3 Å². The van der Waals surface area contributed by atoms with E-state index in [1.54, 1.807) is 0 Å². The summed E-state index contributed by atoms with van der Waals surface area (Å²) in [6, 6.07) is 19.9. The summed E-state index contributed by atoms with van der Waals surface area (Å²) in [7, 11) is 0. The van der Waals surface area contributed by atoms with Crippen LogP contribution in [0.25, 0.3) is 0 Å². The Morgan fingerprint density at radius 2 is 1.77 bits per heavy atom. The molecule has 26 heavy (non-hydrogen) atoms. The Kier molecular flexibility index (Phi) is 6.12. The molecule has 0 saturated heterocycles. The Labute approximate surface area is 167 Å². The molecule has 0 aliphatic carbocycles. The fourth-order valence-electron chi connectivity index (χ4n) is 2.49. The fourth-order valence-corrected chi connectivity index (χ4v) is 2.94. The molecule has 0 radical (unpaired) electrons. The van der Waals surface area contributed by atoms with Gasteiger partial charge in [0.05, 0.1) is 5.69 Å². The molecule has 0 heterocycles. The van der Waals surface area contributed by atoms with Crippen LogP contribution in [-0.2, 0) is 6.61 Å². The lowest BCUT2D eigenvalue weighted by Crippen LogP contribution is -1.98. The van der Waals surface area contributed by atoms with Gasteiger partial charge in [-0.2, -0.15) is 0 Å². The van der Waals surface area contributed by atoms with Crippen LogP contribution < -0.4 is 4.74 Å². The molecule has 0 atom stereocenters. The van der Waals surface area contributed by atoms with E-state index in [0.717, 1.165) is 32.6 Å². The van der Waals surface area contributed by atoms with E-state index in [1.165, 1.54) is 5.56 Å². The number of rotatable bonds is 5. The first-order chi connectivity index (χ1) is 12.5. The van der Waals surface area contributed by atoms with Gasteiger partial charge in [-0.3, -0.25) is 4.99 Å². The van der Waals surface area contributed by atoms with Crippen molar-refractivity contribution < 1.29 is 4.74 Å². The maximum absolute atomic E-state index is 6.17. The van der Waals surface area contributed by atoms with Crippen molar-refractivity contribution in [3.63, 3.8) is 0 Å². The van der Waals surface area contributed by atoms with Crippen molar-refractivity contribution in [2.75, 3.05) is 0 Å². The number of benzene rings is 3. The van der Waals surface area contributed by atoms with Crippen LogP contribution in [0, 0.1) is 13.8 Å². The van der Waals surface area contributed by atoms with Gasteiger partial charge < -0.3 is 4.74 Å². The third-order valence-electron chi connectivity index (χ3n) is 3.99. The van der Waals surface area contributed by atoms with Crippen molar-refractivity contribution in [2.45, 2.75) is 20.5 Å². The SMILES string of the molecule is Cc1ccc(C)c(N=Cc2cc(Cl)ccc2OCc2ccc(Br)cc2)c1. The number of aliphatic imine (C=N–C) groups is 1. The van der Waals surface area contributed by atoms with E-state index >= 15 is 0 Å². The molecule has 0 spiro atoms. The Morgan fingerprint density at radius 1 is 1.00 bits per heavy atom. The van der Waals surface area contributed by atoms with Gasteiger partial charge in [-0.05, 0) is 66.9 Å². The van der Waals surface area contributed by atoms with Gasteiger partial charge in [0.25, 0.3) is 0 Å². The highest BCUT2D eigenvalue weighted by Gasteiger charge is 2.05. The second kappa shape index (κ2) is 8.52. The van der Waals surface area contributed by atoms with Gasteiger partial charge in [-0.25, -0.2) is 0 Å². The lowest BCUT2D eigenvalue weighted by molar-refractivity contribution is 0.306.